The quantitative estimate of drug-likeness (QED) is 0.166. The molecule has 6 aromatic rings. The summed E-state index contributed by atoms with van der Waals surface area (Å²) in [7, 11) is 0. The molecule has 5 nitrogen and oxygen atoms in total. The predicted octanol–water partition coefficient (Wildman–Crippen LogP) is 8.14. The van der Waals surface area contributed by atoms with Crippen molar-refractivity contribution in [2.45, 2.75) is 13.5 Å². The van der Waals surface area contributed by atoms with Gasteiger partial charge in [-0.1, -0.05) is 61.2 Å². The third-order valence-electron chi connectivity index (χ3n) is 6.94. The van der Waals surface area contributed by atoms with Crippen LogP contribution < -0.4 is 5.32 Å². The summed E-state index contributed by atoms with van der Waals surface area (Å²) in [6, 6.07) is 21.2. The molecule has 3 N–H and O–H groups in total. The average molecular weight is 528 g/mol. The Morgan fingerprint density at radius 2 is 1.92 bits per heavy atom. The van der Waals surface area contributed by atoms with Gasteiger partial charge in [-0.05, 0) is 69.8 Å². The van der Waals surface area contributed by atoms with Gasteiger partial charge in [0, 0.05) is 35.6 Å². The third kappa shape index (κ3) is 5.12. The maximum absolute atomic E-state index is 4.69. The van der Waals surface area contributed by atoms with Gasteiger partial charge in [0.15, 0.2) is 0 Å². The first kappa shape index (κ1) is 24.8. The van der Waals surface area contributed by atoms with Crippen LogP contribution >= 0.6 is 11.3 Å². The first-order valence-corrected chi connectivity index (χ1v) is 13.9. The van der Waals surface area contributed by atoms with Crippen molar-refractivity contribution in [3.05, 3.63) is 125 Å². The van der Waals surface area contributed by atoms with E-state index in [0.29, 0.717) is 0 Å². The molecule has 2 aromatic carbocycles. The van der Waals surface area contributed by atoms with Crippen molar-refractivity contribution in [2.75, 3.05) is 6.54 Å². The number of allylic oxidation sites excluding steroid dienone is 3. The van der Waals surface area contributed by atoms with Crippen LogP contribution in [0.4, 0.5) is 0 Å². The van der Waals surface area contributed by atoms with Gasteiger partial charge >= 0.3 is 0 Å². The summed E-state index contributed by atoms with van der Waals surface area (Å²) < 4.78 is 0. The van der Waals surface area contributed by atoms with Gasteiger partial charge in [-0.25, -0.2) is 0 Å². The second kappa shape index (κ2) is 11.1. The van der Waals surface area contributed by atoms with E-state index in [1.807, 2.05) is 24.5 Å². The molecule has 0 bridgehead atoms. The molecule has 192 valence electrons. The highest BCUT2D eigenvalue weighted by Crippen LogP contribution is 2.35. The number of nitrogens with one attached hydrogen (secondary N) is 3. The highest BCUT2D eigenvalue weighted by molar-refractivity contribution is 7.08. The van der Waals surface area contributed by atoms with Crippen molar-refractivity contribution in [1.82, 2.24) is 25.5 Å². The second-order valence-corrected chi connectivity index (χ2v) is 10.2. The van der Waals surface area contributed by atoms with Gasteiger partial charge in [0.1, 0.15) is 5.69 Å². The largest absolute Gasteiger partial charge is 0.352 e. The van der Waals surface area contributed by atoms with E-state index in [1.165, 1.54) is 11.1 Å². The lowest BCUT2D eigenvalue weighted by Gasteiger charge is -2.09. The first-order valence-electron chi connectivity index (χ1n) is 13.0. The molecule has 0 saturated heterocycles. The number of fused-ring (bicyclic) bond motifs is 2. The van der Waals surface area contributed by atoms with Crippen LogP contribution in [0.25, 0.3) is 49.9 Å². The molecule has 6 rings (SSSR count). The Morgan fingerprint density at radius 3 is 2.72 bits per heavy atom. The van der Waals surface area contributed by atoms with Crippen LogP contribution in [0.15, 0.2) is 114 Å². The Hall–Kier alpha value is -4.52. The minimum Gasteiger partial charge on any atom is -0.352 e. The molecule has 6 heteroatoms. The average Bonchev–Trinajstić information content (AvgIpc) is 3.74. The summed E-state index contributed by atoms with van der Waals surface area (Å²) in [5.41, 5.74) is 10.8. The molecular formula is C33H29N5S. The van der Waals surface area contributed by atoms with Crippen molar-refractivity contribution >= 4 is 38.7 Å². The molecule has 0 amide bonds. The van der Waals surface area contributed by atoms with Crippen molar-refractivity contribution < 1.29 is 0 Å². The zero-order valence-electron chi connectivity index (χ0n) is 21.7. The molecule has 0 unspecified atom stereocenters. The van der Waals surface area contributed by atoms with E-state index < -0.39 is 0 Å². The molecule has 0 fully saturated rings. The van der Waals surface area contributed by atoms with E-state index in [-0.39, 0.29) is 0 Å². The lowest BCUT2D eigenvalue weighted by atomic mass is 10.00. The van der Waals surface area contributed by atoms with Gasteiger partial charge in [0.25, 0.3) is 0 Å². The van der Waals surface area contributed by atoms with E-state index >= 15 is 0 Å². The number of aromatic nitrogens is 4. The zero-order chi connectivity index (χ0) is 26.6. The van der Waals surface area contributed by atoms with Gasteiger partial charge in [0.2, 0.25) is 0 Å². The van der Waals surface area contributed by atoms with E-state index in [4.69, 9.17) is 5.10 Å². The van der Waals surface area contributed by atoms with Crippen molar-refractivity contribution in [1.29, 1.82) is 0 Å². The van der Waals surface area contributed by atoms with Gasteiger partial charge in [0.05, 0.1) is 22.9 Å². The van der Waals surface area contributed by atoms with Gasteiger partial charge in [-0.15, -0.1) is 0 Å². The fourth-order valence-electron chi connectivity index (χ4n) is 4.89. The smallest absolute Gasteiger partial charge is 0.116 e. The summed E-state index contributed by atoms with van der Waals surface area (Å²) >= 11 is 1.69. The van der Waals surface area contributed by atoms with Gasteiger partial charge in [-0.2, -0.15) is 16.4 Å². The molecule has 0 aliphatic rings. The Balaban J connectivity index is 1.30. The number of nitrogens with zero attached hydrogens (tertiary/aromatic N) is 2. The molecule has 4 aromatic heterocycles. The van der Waals surface area contributed by atoms with E-state index in [9.17, 15) is 0 Å². The second-order valence-electron chi connectivity index (χ2n) is 9.43. The minimum atomic E-state index is 0.741. The Kier molecular flexibility index (Phi) is 7.04. The van der Waals surface area contributed by atoms with Crippen molar-refractivity contribution in [3.63, 3.8) is 0 Å². The lowest BCUT2D eigenvalue weighted by Crippen LogP contribution is -2.15. The summed E-state index contributed by atoms with van der Waals surface area (Å²) in [6.45, 7) is 7.68. The molecule has 4 heterocycles. The number of thiophene rings is 1. The number of pyridine rings is 1. The number of hydrogen-bond acceptors (Lipinski definition) is 4. The minimum absolute atomic E-state index is 0.741. The molecule has 0 spiro atoms. The van der Waals surface area contributed by atoms with E-state index in [1.54, 1.807) is 11.3 Å². The number of H-pyrrole nitrogens is 2. The maximum atomic E-state index is 4.69. The molecule has 0 aliphatic heterocycles. The first-order chi connectivity index (χ1) is 19.2. The highest BCUT2D eigenvalue weighted by atomic mass is 32.1. The highest BCUT2D eigenvalue weighted by Gasteiger charge is 2.15. The van der Waals surface area contributed by atoms with Crippen LogP contribution in [0.1, 0.15) is 18.1 Å². The summed E-state index contributed by atoms with van der Waals surface area (Å²) in [5, 5.41) is 17.9. The van der Waals surface area contributed by atoms with Crippen LogP contribution in [0.3, 0.4) is 0 Å². The molecule has 0 atom stereocenters. The fraction of sp³-hybridized carbons (Fsp3) is 0.0909. The van der Waals surface area contributed by atoms with Gasteiger partial charge in [-0.3, -0.25) is 10.1 Å². The summed E-state index contributed by atoms with van der Waals surface area (Å²) in [4.78, 5) is 8.01. The number of hydrogen-bond donors (Lipinski definition) is 3. The maximum Gasteiger partial charge on any atom is 0.116 e. The van der Waals surface area contributed by atoms with Crippen molar-refractivity contribution in [2.24, 2.45) is 0 Å². The molecular weight excluding hydrogens is 498 g/mol. The molecule has 0 radical (unpaired) electrons. The third-order valence-corrected chi connectivity index (χ3v) is 7.63. The zero-order valence-corrected chi connectivity index (χ0v) is 22.6. The fourth-order valence-corrected chi connectivity index (χ4v) is 5.54. The van der Waals surface area contributed by atoms with Crippen LogP contribution in [-0.4, -0.2) is 26.7 Å². The van der Waals surface area contributed by atoms with Crippen LogP contribution in [0.5, 0.6) is 0 Å². The topological polar surface area (TPSA) is 69.4 Å². The summed E-state index contributed by atoms with van der Waals surface area (Å²) in [6.07, 6.45) is 10.1. The van der Waals surface area contributed by atoms with Crippen LogP contribution in [-0.2, 0) is 6.54 Å². The summed E-state index contributed by atoms with van der Waals surface area (Å²) in [5.74, 6) is 0. The molecule has 0 aliphatic carbocycles. The van der Waals surface area contributed by atoms with Crippen molar-refractivity contribution in [3.8, 4) is 22.5 Å². The van der Waals surface area contributed by atoms with Gasteiger partial charge < -0.3 is 10.3 Å². The Bertz CT molecular complexity index is 1800. The van der Waals surface area contributed by atoms with E-state index in [0.717, 1.165) is 68.6 Å². The normalized spacial score (nSPS) is 12.4. The predicted molar refractivity (Wildman–Crippen MR) is 165 cm³/mol. The molecule has 0 saturated carbocycles. The number of benzene rings is 2. The van der Waals surface area contributed by atoms with Crippen LogP contribution in [0.2, 0.25) is 0 Å². The SMILES string of the molecule is C=C/C(=C\C(=C/C)c1ccc2[nH]nc(-c3cc4c(-c5ccsc5)cncc4[nH]3)c2c1)CNCc1ccccc1. The number of aromatic amines is 2. The lowest BCUT2D eigenvalue weighted by molar-refractivity contribution is 0.747. The van der Waals surface area contributed by atoms with E-state index in [2.05, 4.69) is 111 Å². The standard InChI is InChI=1S/C33H29N5S/c1-3-22(17-34-18-23-8-6-5-7-9-23)14-24(4-2)25-10-11-30-28(15-25)33(38-37-30)31-16-27-29(26-12-13-39-21-26)19-35-20-32(27)36-31/h3-16,19-21,34,36H,1,17-18H2,2H3,(H,37,38)/b22-14+,24-4+. The Labute approximate surface area is 231 Å². The number of rotatable bonds is 9. The van der Waals surface area contributed by atoms with Crippen LogP contribution in [0, 0.1) is 0 Å². The monoisotopic (exact) mass is 527 g/mol. The molecule has 39 heavy (non-hydrogen) atoms. The Morgan fingerprint density at radius 1 is 1.03 bits per heavy atom.